The number of benzene rings is 2. The van der Waals surface area contributed by atoms with Gasteiger partial charge >= 0.3 is 0 Å². The van der Waals surface area contributed by atoms with Gasteiger partial charge in [0.15, 0.2) is 5.78 Å². The van der Waals surface area contributed by atoms with Gasteiger partial charge in [0.1, 0.15) is 11.6 Å². The molecule has 0 saturated heterocycles. The van der Waals surface area contributed by atoms with Crippen LogP contribution in [-0.2, 0) is 0 Å². The molecule has 18 heavy (non-hydrogen) atoms. The Bertz CT molecular complexity index is 628. The minimum atomic E-state index is -0.662. The maximum atomic E-state index is 13.5. The summed E-state index contributed by atoms with van der Waals surface area (Å²) in [7, 11) is 0. The molecule has 0 aromatic heterocycles. The van der Waals surface area contributed by atoms with Gasteiger partial charge < -0.3 is 0 Å². The summed E-state index contributed by atoms with van der Waals surface area (Å²) >= 11 is 8.69. The molecule has 5 heteroatoms. The summed E-state index contributed by atoms with van der Waals surface area (Å²) in [5.74, 6) is -1.70. The largest absolute Gasteiger partial charge is 0.288 e. The summed E-state index contributed by atoms with van der Waals surface area (Å²) < 4.78 is 26.7. The summed E-state index contributed by atoms with van der Waals surface area (Å²) in [5, 5.41) is 0.265. The first-order valence-corrected chi connectivity index (χ1v) is 6.11. The van der Waals surface area contributed by atoms with Gasteiger partial charge in [0, 0.05) is 10.6 Å². The minimum absolute atomic E-state index is 0.138. The molecule has 0 saturated carbocycles. The van der Waals surface area contributed by atoms with Gasteiger partial charge in [0.2, 0.25) is 0 Å². The molecular formula is C13H6BrClF2O. The number of halogens is 4. The van der Waals surface area contributed by atoms with Crippen LogP contribution in [-0.4, -0.2) is 5.78 Å². The highest BCUT2D eigenvalue weighted by molar-refractivity contribution is 9.10. The SMILES string of the molecule is O=C(c1ccc(F)c(Br)c1)c1cc(Cl)ccc1F. The molecule has 1 nitrogen and oxygen atoms in total. The van der Waals surface area contributed by atoms with Crippen LogP contribution in [0.2, 0.25) is 5.02 Å². The van der Waals surface area contributed by atoms with E-state index in [-0.39, 0.29) is 20.6 Å². The Kier molecular flexibility index (Phi) is 3.78. The molecular weight excluding hydrogens is 325 g/mol. The predicted molar refractivity (Wildman–Crippen MR) is 68.9 cm³/mol. The molecule has 0 bridgehead atoms. The van der Waals surface area contributed by atoms with Gasteiger partial charge in [-0.05, 0) is 52.3 Å². The van der Waals surface area contributed by atoms with Crippen LogP contribution in [0.15, 0.2) is 40.9 Å². The minimum Gasteiger partial charge on any atom is -0.288 e. The van der Waals surface area contributed by atoms with E-state index < -0.39 is 17.4 Å². The van der Waals surface area contributed by atoms with E-state index in [1.165, 1.54) is 24.3 Å². The average molecular weight is 332 g/mol. The van der Waals surface area contributed by atoms with Gasteiger partial charge in [-0.15, -0.1) is 0 Å². The highest BCUT2D eigenvalue weighted by atomic mass is 79.9. The molecule has 0 aliphatic heterocycles. The predicted octanol–water partition coefficient (Wildman–Crippen LogP) is 4.61. The van der Waals surface area contributed by atoms with Crippen molar-refractivity contribution in [1.29, 1.82) is 0 Å². The van der Waals surface area contributed by atoms with Gasteiger partial charge in [0.25, 0.3) is 0 Å². The third-order valence-corrected chi connectivity index (χ3v) is 3.20. The lowest BCUT2D eigenvalue weighted by molar-refractivity contribution is 0.103. The van der Waals surface area contributed by atoms with Crippen LogP contribution in [0.5, 0.6) is 0 Å². The molecule has 0 radical (unpaired) electrons. The van der Waals surface area contributed by atoms with E-state index in [1.54, 1.807) is 0 Å². The number of carbonyl (C=O) groups excluding carboxylic acids is 1. The van der Waals surface area contributed by atoms with Gasteiger partial charge in [-0.3, -0.25) is 4.79 Å². The number of rotatable bonds is 2. The van der Waals surface area contributed by atoms with Crippen molar-refractivity contribution in [2.75, 3.05) is 0 Å². The van der Waals surface area contributed by atoms with E-state index in [0.29, 0.717) is 0 Å². The molecule has 2 rings (SSSR count). The number of ketones is 1. The number of hydrogen-bond acceptors (Lipinski definition) is 1. The van der Waals surface area contributed by atoms with E-state index in [1.807, 2.05) is 0 Å². The lowest BCUT2D eigenvalue weighted by Gasteiger charge is -2.04. The van der Waals surface area contributed by atoms with Crippen molar-refractivity contribution in [3.8, 4) is 0 Å². The number of hydrogen-bond donors (Lipinski definition) is 0. The fourth-order valence-corrected chi connectivity index (χ4v) is 2.02. The van der Waals surface area contributed by atoms with Crippen molar-refractivity contribution in [1.82, 2.24) is 0 Å². The molecule has 2 aromatic carbocycles. The van der Waals surface area contributed by atoms with Gasteiger partial charge in [-0.2, -0.15) is 0 Å². The molecule has 0 amide bonds. The van der Waals surface area contributed by atoms with Gasteiger partial charge in [0.05, 0.1) is 10.0 Å². The summed E-state index contributed by atoms with van der Waals surface area (Å²) in [6.07, 6.45) is 0. The lowest BCUT2D eigenvalue weighted by Crippen LogP contribution is -2.04. The van der Waals surface area contributed by atoms with E-state index in [0.717, 1.165) is 12.1 Å². The maximum absolute atomic E-state index is 13.5. The van der Waals surface area contributed by atoms with Gasteiger partial charge in [-0.25, -0.2) is 8.78 Å². The molecule has 0 N–H and O–H groups in total. The third-order valence-electron chi connectivity index (χ3n) is 2.35. The Morgan fingerprint density at radius 3 is 2.39 bits per heavy atom. The molecule has 2 aromatic rings. The van der Waals surface area contributed by atoms with E-state index in [2.05, 4.69) is 15.9 Å². The van der Waals surface area contributed by atoms with Crippen LogP contribution >= 0.6 is 27.5 Å². The Labute approximate surface area is 116 Å². The van der Waals surface area contributed by atoms with E-state index in [4.69, 9.17) is 11.6 Å². The average Bonchev–Trinajstić information content (AvgIpc) is 2.35. The Morgan fingerprint density at radius 1 is 1.06 bits per heavy atom. The first kappa shape index (κ1) is 13.2. The fraction of sp³-hybridized carbons (Fsp3) is 0. The second-order valence-corrected chi connectivity index (χ2v) is 4.87. The molecule has 0 atom stereocenters. The van der Waals surface area contributed by atoms with Crippen molar-refractivity contribution in [2.24, 2.45) is 0 Å². The maximum Gasteiger partial charge on any atom is 0.196 e. The van der Waals surface area contributed by atoms with Crippen LogP contribution in [0.25, 0.3) is 0 Å². The second kappa shape index (κ2) is 5.16. The topological polar surface area (TPSA) is 17.1 Å². The van der Waals surface area contributed by atoms with Crippen LogP contribution in [0.3, 0.4) is 0 Å². The summed E-state index contributed by atoms with van der Waals surface area (Å²) in [5.41, 5.74) is 0.0467. The highest BCUT2D eigenvalue weighted by Crippen LogP contribution is 2.22. The third kappa shape index (κ3) is 2.60. The molecule has 0 aliphatic rings. The zero-order valence-corrected chi connectivity index (χ0v) is 11.2. The van der Waals surface area contributed by atoms with Crippen molar-refractivity contribution in [3.05, 3.63) is 68.7 Å². The van der Waals surface area contributed by atoms with Crippen molar-refractivity contribution < 1.29 is 13.6 Å². The molecule has 0 fully saturated rings. The van der Waals surface area contributed by atoms with Crippen LogP contribution in [0.1, 0.15) is 15.9 Å². The number of carbonyl (C=O) groups is 1. The molecule has 0 heterocycles. The van der Waals surface area contributed by atoms with Crippen molar-refractivity contribution in [2.45, 2.75) is 0 Å². The Morgan fingerprint density at radius 2 is 1.72 bits per heavy atom. The first-order chi connectivity index (χ1) is 8.49. The highest BCUT2D eigenvalue weighted by Gasteiger charge is 2.15. The summed E-state index contributed by atoms with van der Waals surface area (Å²) in [6, 6.07) is 7.46. The zero-order chi connectivity index (χ0) is 13.3. The normalized spacial score (nSPS) is 10.4. The van der Waals surface area contributed by atoms with Crippen molar-refractivity contribution in [3.63, 3.8) is 0 Å². The fourth-order valence-electron chi connectivity index (χ4n) is 1.46. The summed E-state index contributed by atoms with van der Waals surface area (Å²) in [6.45, 7) is 0. The van der Waals surface area contributed by atoms with Gasteiger partial charge in [-0.1, -0.05) is 11.6 Å². The molecule has 0 unspecified atom stereocenters. The van der Waals surface area contributed by atoms with Crippen LogP contribution < -0.4 is 0 Å². The van der Waals surface area contributed by atoms with E-state index in [9.17, 15) is 13.6 Å². The smallest absolute Gasteiger partial charge is 0.196 e. The second-order valence-electron chi connectivity index (χ2n) is 3.58. The zero-order valence-electron chi connectivity index (χ0n) is 8.88. The van der Waals surface area contributed by atoms with E-state index >= 15 is 0 Å². The monoisotopic (exact) mass is 330 g/mol. The quantitative estimate of drug-likeness (QED) is 0.734. The standard InChI is InChI=1S/C13H6BrClF2O/c14-10-5-7(1-3-12(10)17)13(18)9-6-8(15)2-4-11(9)16/h1-6H. The molecule has 92 valence electrons. The van der Waals surface area contributed by atoms with Crippen molar-refractivity contribution >= 4 is 33.3 Å². The molecule has 0 aliphatic carbocycles. The summed E-state index contributed by atoms with van der Waals surface area (Å²) in [4.78, 5) is 12.0. The van der Waals surface area contributed by atoms with Crippen LogP contribution in [0.4, 0.5) is 8.78 Å². The molecule has 0 spiro atoms. The Balaban J connectivity index is 2.47. The Hall–Kier alpha value is -1.26. The first-order valence-electron chi connectivity index (χ1n) is 4.94. The van der Waals surface area contributed by atoms with Crippen LogP contribution in [0, 0.1) is 11.6 Å². The lowest BCUT2D eigenvalue weighted by atomic mass is 10.0.